The summed E-state index contributed by atoms with van der Waals surface area (Å²) in [5, 5.41) is 3.36. The Bertz CT molecular complexity index is 581. The molecule has 20 heavy (non-hydrogen) atoms. The van der Waals surface area contributed by atoms with Crippen molar-refractivity contribution in [2.24, 2.45) is 0 Å². The van der Waals surface area contributed by atoms with Crippen LogP contribution < -0.4 is 10.1 Å². The third kappa shape index (κ3) is 3.36. The lowest BCUT2D eigenvalue weighted by Gasteiger charge is -2.14. The maximum atomic E-state index is 13.9. The Kier molecular flexibility index (Phi) is 4.74. The highest BCUT2D eigenvalue weighted by Gasteiger charge is 2.09. The number of ether oxygens (including phenoxy) is 1. The Morgan fingerprint density at radius 1 is 1.15 bits per heavy atom. The molecular weight excluding hydrogens is 253 g/mol. The minimum Gasteiger partial charge on any atom is -0.496 e. The fourth-order valence-corrected chi connectivity index (χ4v) is 2.09. The Morgan fingerprint density at radius 3 is 2.55 bits per heavy atom. The molecule has 0 radical (unpaired) electrons. The Hall–Kier alpha value is -1.87. The van der Waals surface area contributed by atoms with Crippen molar-refractivity contribution in [2.75, 3.05) is 7.11 Å². The Labute approximate surface area is 119 Å². The van der Waals surface area contributed by atoms with Crippen molar-refractivity contribution < 1.29 is 9.13 Å². The van der Waals surface area contributed by atoms with Crippen molar-refractivity contribution in [3.8, 4) is 16.9 Å². The molecule has 2 nitrogen and oxygen atoms in total. The van der Waals surface area contributed by atoms with Crippen molar-refractivity contribution in [1.29, 1.82) is 0 Å². The van der Waals surface area contributed by atoms with Crippen molar-refractivity contribution in [3.05, 3.63) is 53.8 Å². The quantitative estimate of drug-likeness (QED) is 0.889. The van der Waals surface area contributed by atoms with Gasteiger partial charge in [0, 0.05) is 23.7 Å². The summed E-state index contributed by atoms with van der Waals surface area (Å²) >= 11 is 0. The van der Waals surface area contributed by atoms with Crippen LogP contribution in [0.25, 0.3) is 11.1 Å². The van der Waals surface area contributed by atoms with Crippen LogP contribution in [0.1, 0.15) is 19.4 Å². The van der Waals surface area contributed by atoms with Crippen LogP contribution in [-0.4, -0.2) is 13.2 Å². The second-order valence-electron chi connectivity index (χ2n) is 5.04. The summed E-state index contributed by atoms with van der Waals surface area (Å²) in [6.07, 6.45) is 0. The average molecular weight is 273 g/mol. The zero-order valence-corrected chi connectivity index (χ0v) is 12.1. The van der Waals surface area contributed by atoms with E-state index in [0.29, 0.717) is 18.2 Å². The number of hydrogen-bond donors (Lipinski definition) is 1. The van der Waals surface area contributed by atoms with E-state index in [-0.39, 0.29) is 5.82 Å². The zero-order chi connectivity index (χ0) is 14.5. The molecule has 2 aromatic rings. The van der Waals surface area contributed by atoms with Crippen molar-refractivity contribution in [2.45, 2.75) is 26.4 Å². The van der Waals surface area contributed by atoms with E-state index in [1.54, 1.807) is 19.2 Å². The molecule has 1 N–H and O–H groups in total. The van der Waals surface area contributed by atoms with Crippen LogP contribution in [0, 0.1) is 5.82 Å². The fraction of sp³-hybridized carbons (Fsp3) is 0.294. The summed E-state index contributed by atoms with van der Waals surface area (Å²) in [4.78, 5) is 0. The third-order valence-corrected chi connectivity index (χ3v) is 3.17. The molecule has 2 rings (SSSR count). The first-order valence-corrected chi connectivity index (χ1v) is 6.77. The van der Waals surface area contributed by atoms with E-state index < -0.39 is 0 Å². The molecule has 0 amide bonds. The molecule has 0 heterocycles. The van der Waals surface area contributed by atoms with E-state index in [2.05, 4.69) is 19.2 Å². The normalized spacial score (nSPS) is 10.8. The van der Waals surface area contributed by atoms with E-state index >= 15 is 0 Å². The first kappa shape index (κ1) is 14.5. The molecule has 0 unspecified atom stereocenters. The minimum atomic E-state index is -0.208. The maximum Gasteiger partial charge on any atom is 0.131 e. The predicted octanol–water partition coefficient (Wildman–Crippen LogP) is 4.00. The van der Waals surface area contributed by atoms with Crippen LogP contribution >= 0.6 is 0 Å². The second kappa shape index (κ2) is 6.53. The van der Waals surface area contributed by atoms with E-state index in [1.807, 2.05) is 24.3 Å². The van der Waals surface area contributed by atoms with Gasteiger partial charge >= 0.3 is 0 Å². The van der Waals surface area contributed by atoms with Gasteiger partial charge in [0.2, 0.25) is 0 Å². The zero-order valence-electron chi connectivity index (χ0n) is 12.1. The molecule has 0 aromatic heterocycles. The monoisotopic (exact) mass is 273 g/mol. The molecule has 0 aliphatic carbocycles. The lowest BCUT2D eigenvalue weighted by atomic mass is 10.0. The summed E-state index contributed by atoms with van der Waals surface area (Å²) in [5.41, 5.74) is 2.51. The standard InChI is InChI=1S/C17H20FNO/c1-12(2)19-11-14-10-13(8-9-17(14)20-3)15-6-4-5-7-16(15)18/h4-10,12,19H,11H2,1-3H3. The summed E-state index contributed by atoms with van der Waals surface area (Å²) in [5.74, 6) is 0.610. The van der Waals surface area contributed by atoms with Gasteiger partial charge in [-0.1, -0.05) is 38.1 Å². The highest BCUT2D eigenvalue weighted by molar-refractivity contribution is 5.66. The molecule has 0 aliphatic heterocycles. The van der Waals surface area contributed by atoms with Crippen molar-refractivity contribution in [3.63, 3.8) is 0 Å². The molecule has 0 fully saturated rings. The highest BCUT2D eigenvalue weighted by atomic mass is 19.1. The van der Waals surface area contributed by atoms with E-state index in [9.17, 15) is 4.39 Å². The highest BCUT2D eigenvalue weighted by Crippen LogP contribution is 2.28. The van der Waals surface area contributed by atoms with Crippen LogP contribution in [0.15, 0.2) is 42.5 Å². The average Bonchev–Trinajstić information content (AvgIpc) is 2.45. The number of benzene rings is 2. The molecule has 0 aliphatic rings. The first-order chi connectivity index (χ1) is 9.61. The largest absolute Gasteiger partial charge is 0.496 e. The van der Waals surface area contributed by atoms with Gasteiger partial charge in [-0.25, -0.2) is 4.39 Å². The number of rotatable bonds is 5. The van der Waals surface area contributed by atoms with Crippen LogP contribution in [0.5, 0.6) is 5.75 Å². The van der Waals surface area contributed by atoms with Crippen LogP contribution in [-0.2, 0) is 6.54 Å². The van der Waals surface area contributed by atoms with Gasteiger partial charge in [-0.2, -0.15) is 0 Å². The van der Waals surface area contributed by atoms with Crippen LogP contribution in [0.2, 0.25) is 0 Å². The van der Waals surface area contributed by atoms with E-state index in [0.717, 1.165) is 16.9 Å². The molecule has 0 atom stereocenters. The maximum absolute atomic E-state index is 13.9. The Balaban J connectivity index is 2.36. The molecular formula is C17H20FNO. The molecule has 2 aromatic carbocycles. The van der Waals surface area contributed by atoms with Gasteiger partial charge < -0.3 is 10.1 Å². The number of halogens is 1. The summed E-state index contributed by atoms with van der Waals surface area (Å²) in [6, 6.07) is 12.9. The molecule has 0 saturated carbocycles. The van der Waals surface area contributed by atoms with Gasteiger partial charge in [-0.05, 0) is 23.8 Å². The number of methoxy groups -OCH3 is 1. The Morgan fingerprint density at radius 2 is 1.90 bits per heavy atom. The van der Waals surface area contributed by atoms with E-state index in [4.69, 9.17) is 4.74 Å². The van der Waals surface area contributed by atoms with Gasteiger partial charge in [-0.15, -0.1) is 0 Å². The number of hydrogen-bond acceptors (Lipinski definition) is 2. The fourth-order valence-electron chi connectivity index (χ4n) is 2.09. The van der Waals surface area contributed by atoms with Crippen LogP contribution in [0.3, 0.4) is 0 Å². The van der Waals surface area contributed by atoms with Gasteiger partial charge in [0.25, 0.3) is 0 Å². The summed E-state index contributed by atoms with van der Waals surface area (Å²) < 4.78 is 19.2. The molecule has 3 heteroatoms. The smallest absolute Gasteiger partial charge is 0.131 e. The topological polar surface area (TPSA) is 21.3 Å². The lowest BCUT2D eigenvalue weighted by Crippen LogP contribution is -2.22. The lowest BCUT2D eigenvalue weighted by molar-refractivity contribution is 0.406. The van der Waals surface area contributed by atoms with E-state index in [1.165, 1.54) is 6.07 Å². The summed E-state index contributed by atoms with van der Waals surface area (Å²) in [7, 11) is 1.65. The predicted molar refractivity (Wildman–Crippen MR) is 80.4 cm³/mol. The molecule has 0 spiro atoms. The molecule has 0 bridgehead atoms. The van der Waals surface area contributed by atoms with Gasteiger partial charge in [-0.3, -0.25) is 0 Å². The van der Waals surface area contributed by atoms with Gasteiger partial charge in [0.05, 0.1) is 7.11 Å². The van der Waals surface area contributed by atoms with Gasteiger partial charge in [0.1, 0.15) is 11.6 Å². The van der Waals surface area contributed by atoms with Crippen molar-refractivity contribution >= 4 is 0 Å². The SMILES string of the molecule is COc1ccc(-c2ccccc2F)cc1CNC(C)C. The van der Waals surface area contributed by atoms with Gasteiger partial charge in [0.15, 0.2) is 0 Å². The number of nitrogens with one attached hydrogen (secondary N) is 1. The van der Waals surface area contributed by atoms with Crippen molar-refractivity contribution in [1.82, 2.24) is 5.32 Å². The second-order valence-corrected chi connectivity index (χ2v) is 5.04. The molecule has 106 valence electrons. The summed E-state index contributed by atoms with van der Waals surface area (Å²) in [6.45, 7) is 4.88. The third-order valence-electron chi connectivity index (χ3n) is 3.17. The first-order valence-electron chi connectivity index (χ1n) is 6.77. The van der Waals surface area contributed by atoms with Crippen LogP contribution in [0.4, 0.5) is 4.39 Å². The molecule has 0 saturated heterocycles. The minimum absolute atomic E-state index is 0.208.